The molecule has 1 saturated heterocycles. The van der Waals surface area contributed by atoms with Crippen molar-refractivity contribution in [3.63, 3.8) is 0 Å². The molecule has 0 radical (unpaired) electrons. The summed E-state index contributed by atoms with van der Waals surface area (Å²) < 4.78 is 28.4. The molecule has 8 nitrogen and oxygen atoms in total. The van der Waals surface area contributed by atoms with Crippen molar-refractivity contribution in [2.24, 2.45) is 0 Å². The van der Waals surface area contributed by atoms with Crippen LogP contribution in [0.4, 0.5) is 0 Å². The van der Waals surface area contributed by atoms with Crippen LogP contribution in [0.5, 0.6) is 0 Å². The molecule has 0 aliphatic carbocycles. The lowest BCUT2D eigenvalue weighted by atomic mass is 10.2. The molecule has 0 saturated carbocycles. The van der Waals surface area contributed by atoms with Gasteiger partial charge in [0.2, 0.25) is 10.0 Å². The van der Waals surface area contributed by atoms with E-state index in [1.165, 1.54) is 4.31 Å². The van der Waals surface area contributed by atoms with Crippen LogP contribution in [0.1, 0.15) is 18.4 Å². The molecule has 31 heavy (non-hydrogen) atoms. The first kappa shape index (κ1) is 21.9. The molecular formula is C22H30N6O2S. The fraction of sp³-hybridized carbons (Fsp3) is 0.455. The van der Waals surface area contributed by atoms with Crippen LogP contribution in [-0.2, 0) is 29.7 Å². The molecule has 1 aliphatic heterocycles. The normalized spacial score (nSPS) is 16.4. The zero-order chi connectivity index (χ0) is 22.0. The summed E-state index contributed by atoms with van der Waals surface area (Å²) in [6, 6.07) is 11.3. The number of nitrogens with zero attached hydrogens (tertiary/aromatic N) is 6. The summed E-state index contributed by atoms with van der Waals surface area (Å²) in [5.41, 5.74) is 2.81. The van der Waals surface area contributed by atoms with Crippen LogP contribution in [0, 0.1) is 0 Å². The lowest BCUT2D eigenvalue weighted by Crippen LogP contribution is -2.45. The minimum Gasteiger partial charge on any atom is -0.327 e. The van der Waals surface area contributed by atoms with Crippen LogP contribution in [0.25, 0.3) is 11.0 Å². The molecule has 166 valence electrons. The Bertz CT molecular complexity index is 1140. The molecule has 0 bridgehead atoms. The zero-order valence-corrected chi connectivity index (χ0v) is 19.2. The van der Waals surface area contributed by atoms with Crippen LogP contribution in [0.3, 0.4) is 0 Å². The number of aromatic nitrogens is 3. The molecule has 1 aromatic carbocycles. The molecule has 1 fully saturated rings. The number of aryl methyl sites for hydroxylation is 1. The van der Waals surface area contributed by atoms with Gasteiger partial charge < -0.3 is 4.57 Å². The Morgan fingerprint density at radius 1 is 1.00 bits per heavy atom. The van der Waals surface area contributed by atoms with Gasteiger partial charge in [-0.25, -0.2) is 17.7 Å². The van der Waals surface area contributed by atoms with Gasteiger partial charge in [0.1, 0.15) is 5.82 Å². The Labute approximate surface area is 184 Å². The molecule has 0 atom stereocenters. The van der Waals surface area contributed by atoms with Gasteiger partial charge in [-0.15, -0.1) is 0 Å². The summed E-state index contributed by atoms with van der Waals surface area (Å²) in [5.74, 6) is 0.982. The maximum Gasteiger partial charge on any atom is 0.242 e. The number of rotatable bonds is 7. The van der Waals surface area contributed by atoms with Crippen molar-refractivity contribution >= 4 is 21.1 Å². The highest BCUT2D eigenvalue weighted by atomic mass is 32.2. The lowest BCUT2D eigenvalue weighted by molar-refractivity contribution is 0.118. The number of hydrogen-bond donors (Lipinski definition) is 0. The van der Waals surface area contributed by atoms with Crippen molar-refractivity contribution in [1.82, 2.24) is 28.6 Å². The predicted molar refractivity (Wildman–Crippen MR) is 121 cm³/mol. The standard InChI is InChI=1S/C22H30N6O2S/c1-4-28-21-9-8-19(31(29,30)25(2)3)15-20(21)24-22(28)17-27-13-11-26(12-14-27)16-18-7-5-6-10-23-18/h5-10,15H,4,11-14,16-17H2,1-3H3. The molecule has 0 N–H and O–H groups in total. The van der Waals surface area contributed by atoms with E-state index < -0.39 is 10.0 Å². The number of fused-ring (bicyclic) bond motifs is 1. The molecule has 9 heteroatoms. The van der Waals surface area contributed by atoms with Gasteiger partial charge in [0.15, 0.2) is 0 Å². The number of piperazine rings is 1. The van der Waals surface area contributed by atoms with Crippen LogP contribution in [0.15, 0.2) is 47.5 Å². The van der Waals surface area contributed by atoms with Crippen molar-refractivity contribution in [3.8, 4) is 0 Å². The first-order chi connectivity index (χ1) is 14.9. The van der Waals surface area contributed by atoms with Gasteiger partial charge in [-0.3, -0.25) is 14.8 Å². The van der Waals surface area contributed by atoms with Crippen LogP contribution < -0.4 is 0 Å². The Hall–Kier alpha value is -2.33. The van der Waals surface area contributed by atoms with Gasteiger partial charge in [-0.05, 0) is 37.3 Å². The highest BCUT2D eigenvalue weighted by Crippen LogP contribution is 2.23. The summed E-state index contributed by atoms with van der Waals surface area (Å²) in [6.45, 7) is 8.47. The topological polar surface area (TPSA) is 74.6 Å². The van der Waals surface area contributed by atoms with Crippen LogP contribution >= 0.6 is 0 Å². The second-order valence-electron chi connectivity index (χ2n) is 8.08. The van der Waals surface area contributed by atoms with Crippen molar-refractivity contribution < 1.29 is 8.42 Å². The molecule has 0 spiro atoms. The van der Waals surface area contributed by atoms with Gasteiger partial charge in [0, 0.05) is 59.6 Å². The Morgan fingerprint density at radius 2 is 1.71 bits per heavy atom. The van der Waals surface area contributed by atoms with E-state index in [0.29, 0.717) is 0 Å². The fourth-order valence-electron chi connectivity index (χ4n) is 4.03. The van der Waals surface area contributed by atoms with Gasteiger partial charge in [0.05, 0.1) is 28.2 Å². The highest BCUT2D eigenvalue weighted by molar-refractivity contribution is 7.89. The second-order valence-corrected chi connectivity index (χ2v) is 10.2. The van der Waals surface area contributed by atoms with Crippen molar-refractivity contribution in [2.45, 2.75) is 31.5 Å². The van der Waals surface area contributed by atoms with E-state index in [-0.39, 0.29) is 4.90 Å². The third-order valence-corrected chi connectivity index (χ3v) is 7.65. The third-order valence-electron chi connectivity index (χ3n) is 5.84. The fourth-order valence-corrected chi connectivity index (χ4v) is 4.95. The monoisotopic (exact) mass is 442 g/mol. The Morgan fingerprint density at radius 3 is 2.32 bits per heavy atom. The summed E-state index contributed by atoms with van der Waals surface area (Å²) in [6.07, 6.45) is 1.84. The van der Waals surface area contributed by atoms with E-state index in [0.717, 1.165) is 68.4 Å². The first-order valence-electron chi connectivity index (χ1n) is 10.6. The smallest absolute Gasteiger partial charge is 0.242 e. The summed E-state index contributed by atoms with van der Waals surface area (Å²) in [4.78, 5) is 14.4. The highest BCUT2D eigenvalue weighted by Gasteiger charge is 2.22. The number of imidazole rings is 1. The van der Waals surface area contributed by atoms with Gasteiger partial charge >= 0.3 is 0 Å². The van der Waals surface area contributed by atoms with E-state index in [4.69, 9.17) is 4.98 Å². The second kappa shape index (κ2) is 9.04. The van der Waals surface area contributed by atoms with Crippen LogP contribution in [-0.4, -0.2) is 77.3 Å². The third kappa shape index (κ3) is 4.64. The maximum atomic E-state index is 12.5. The van der Waals surface area contributed by atoms with E-state index >= 15 is 0 Å². The van der Waals surface area contributed by atoms with Gasteiger partial charge in [-0.2, -0.15) is 0 Å². The van der Waals surface area contributed by atoms with Gasteiger partial charge in [-0.1, -0.05) is 6.07 Å². The van der Waals surface area contributed by atoms with Gasteiger partial charge in [0.25, 0.3) is 0 Å². The molecule has 2 aromatic heterocycles. The number of benzene rings is 1. The Kier molecular flexibility index (Phi) is 6.38. The number of hydrogen-bond acceptors (Lipinski definition) is 6. The van der Waals surface area contributed by atoms with E-state index in [1.807, 2.05) is 24.4 Å². The molecular weight excluding hydrogens is 412 g/mol. The molecule has 4 rings (SSSR count). The maximum absolute atomic E-state index is 12.5. The number of pyridine rings is 1. The predicted octanol–water partition coefficient (Wildman–Crippen LogP) is 2.02. The van der Waals surface area contributed by atoms with Crippen molar-refractivity contribution in [2.75, 3.05) is 40.3 Å². The van der Waals surface area contributed by atoms with E-state index in [9.17, 15) is 8.42 Å². The largest absolute Gasteiger partial charge is 0.327 e. The quantitative estimate of drug-likeness (QED) is 0.557. The molecule has 0 amide bonds. The average Bonchev–Trinajstić information content (AvgIpc) is 3.11. The average molecular weight is 443 g/mol. The Balaban J connectivity index is 1.47. The summed E-state index contributed by atoms with van der Waals surface area (Å²) >= 11 is 0. The molecule has 0 unspecified atom stereocenters. The minimum atomic E-state index is -3.47. The molecule has 3 heterocycles. The van der Waals surface area contributed by atoms with Crippen LogP contribution in [0.2, 0.25) is 0 Å². The first-order valence-corrected chi connectivity index (χ1v) is 12.1. The minimum absolute atomic E-state index is 0.278. The lowest BCUT2D eigenvalue weighted by Gasteiger charge is -2.34. The van der Waals surface area contributed by atoms with Crippen molar-refractivity contribution in [1.29, 1.82) is 0 Å². The molecule has 1 aliphatic rings. The zero-order valence-electron chi connectivity index (χ0n) is 18.4. The van der Waals surface area contributed by atoms with Crippen molar-refractivity contribution in [3.05, 3.63) is 54.1 Å². The van der Waals surface area contributed by atoms with E-state index in [2.05, 4.69) is 32.3 Å². The van der Waals surface area contributed by atoms with E-state index in [1.54, 1.807) is 26.2 Å². The SMILES string of the molecule is CCn1c(CN2CCN(Cc3ccccn3)CC2)nc2cc(S(=O)(=O)N(C)C)ccc21. The number of sulfonamides is 1. The summed E-state index contributed by atoms with van der Waals surface area (Å²) in [5, 5.41) is 0. The summed E-state index contributed by atoms with van der Waals surface area (Å²) in [7, 11) is -0.385. The molecule has 3 aromatic rings.